The first-order valence-corrected chi connectivity index (χ1v) is 5.90. The summed E-state index contributed by atoms with van der Waals surface area (Å²) in [6.45, 7) is 0. The zero-order chi connectivity index (χ0) is 14.4. The predicted octanol–water partition coefficient (Wildman–Crippen LogP) is 1.54. The van der Waals surface area contributed by atoms with Gasteiger partial charge in [-0.25, -0.2) is 5.90 Å². The molecule has 0 aliphatic carbocycles. The summed E-state index contributed by atoms with van der Waals surface area (Å²) < 4.78 is 2.64. The highest BCUT2D eigenvalue weighted by Gasteiger charge is 2.09. The van der Waals surface area contributed by atoms with Gasteiger partial charge in [-0.2, -0.15) is 0 Å². The summed E-state index contributed by atoms with van der Waals surface area (Å²) >= 11 is 1.35. The Hall–Kier alpha value is -1.68. The number of hydrogen-bond acceptors (Lipinski definition) is 7. The number of aryl methyl sites for hydroxylation is 1. The summed E-state index contributed by atoms with van der Waals surface area (Å²) in [4.78, 5) is 19.3. The Morgan fingerprint density at radius 2 is 2.05 bits per heavy atom. The van der Waals surface area contributed by atoms with Gasteiger partial charge in [0.2, 0.25) is 4.80 Å². The molecule has 2 N–H and O–H groups in total. The van der Waals surface area contributed by atoms with Crippen LogP contribution in [0.4, 0.5) is 5.69 Å². The van der Waals surface area contributed by atoms with Gasteiger partial charge in [0, 0.05) is 19.2 Å². The summed E-state index contributed by atoms with van der Waals surface area (Å²) in [5.41, 5.74) is 0.977. The minimum atomic E-state index is -0.410. The highest BCUT2D eigenvalue weighted by molar-refractivity contribution is 7.16. The Bertz CT molecular complexity index is 640. The molecule has 0 saturated heterocycles. The van der Waals surface area contributed by atoms with E-state index >= 15 is 0 Å². The molecule has 2 rings (SSSR count). The molecule has 2 aromatic rings. The highest BCUT2D eigenvalue weighted by Crippen LogP contribution is 2.22. The maximum atomic E-state index is 10.6. The van der Waals surface area contributed by atoms with Crippen LogP contribution in [0.3, 0.4) is 0 Å². The van der Waals surface area contributed by atoms with Crippen molar-refractivity contribution in [3.63, 3.8) is 0 Å². The average molecular weight is 323 g/mol. The van der Waals surface area contributed by atoms with Crippen molar-refractivity contribution >= 4 is 39.6 Å². The Morgan fingerprint density at radius 3 is 2.55 bits per heavy atom. The summed E-state index contributed by atoms with van der Waals surface area (Å²) in [5, 5.41) is 14.4. The van der Waals surface area contributed by atoms with Crippen LogP contribution in [-0.4, -0.2) is 23.7 Å². The zero-order valence-corrected chi connectivity index (χ0v) is 12.7. The number of aromatic nitrogens is 1. The van der Waals surface area contributed by atoms with Crippen LogP contribution < -0.4 is 10.7 Å². The van der Waals surface area contributed by atoms with E-state index < -0.39 is 4.92 Å². The summed E-state index contributed by atoms with van der Waals surface area (Å²) in [6.07, 6.45) is 0. The maximum absolute atomic E-state index is 10.6. The molecule has 0 bridgehead atoms. The zero-order valence-electron chi connectivity index (χ0n) is 11.1. The first-order chi connectivity index (χ1) is 9.04. The van der Waals surface area contributed by atoms with Crippen molar-refractivity contribution in [1.82, 2.24) is 4.57 Å². The lowest BCUT2D eigenvalue weighted by molar-refractivity contribution is -0.384. The van der Waals surface area contributed by atoms with Crippen molar-refractivity contribution in [2.24, 2.45) is 18.1 Å². The van der Waals surface area contributed by atoms with Crippen molar-refractivity contribution in [3.8, 4) is 0 Å². The average Bonchev–Trinajstić information content (AvgIpc) is 2.67. The molecule has 0 saturated carbocycles. The summed E-state index contributed by atoms with van der Waals surface area (Å²) in [5.74, 6) is 4.35. The molecular formula is C10H15ClN4O4S. The number of nitrogens with zero attached hydrogens (tertiary/aromatic N) is 3. The minimum absolute atomic E-state index is 0. The number of nitrogens with two attached hydrogens (primary N) is 1. The Balaban J connectivity index is 0.000000830. The van der Waals surface area contributed by atoms with E-state index in [-0.39, 0.29) is 18.1 Å². The number of non-ortho nitro benzene ring substituents is 1. The molecule has 112 valence electrons. The fraction of sp³-hybridized carbons (Fsp3) is 0.300. The van der Waals surface area contributed by atoms with Gasteiger partial charge in [0.25, 0.3) is 5.69 Å². The van der Waals surface area contributed by atoms with Crippen LogP contribution in [0.2, 0.25) is 0 Å². The van der Waals surface area contributed by atoms with Crippen LogP contribution in [0.5, 0.6) is 0 Å². The smallest absolute Gasteiger partial charge is 0.270 e. The number of benzene rings is 1. The van der Waals surface area contributed by atoms with Crippen LogP contribution >= 0.6 is 23.7 Å². The lowest BCUT2D eigenvalue weighted by Gasteiger charge is -1.94. The minimum Gasteiger partial charge on any atom is -0.397 e. The molecule has 8 nitrogen and oxygen atoms in total. The third kappa shape index (κ3) is 4.17. The number of thiazole rings is 1. The molecular weight excluding hydrogens is 308 g/mol. The molecule has 0 radical (unpaired) electrons. The Kier molecular flexibility index (Phi) is 7.77. The van der Waals surface area contributed by atoms with Gasteiger partial charge in [0.1, 0.15) is 7.11 Å². The van der Waals surface area contributed by atoms with Gasteiger partial charge in [-0.1, -0.05) is 16.5 Å². The standard InChI is InChI=1S/C9H9N3O3S.CH5NO.ClH/c1-11-7-4-3-6(12(13)14)5-8(7)16-9(11)10-15-2;1-3-2;/h3-5H,1-2H3;2H2,1H3;1H. The molecule has 0 fully saturated rings. The van der Waals surface area contributed by atoms with E-state index in [9.17, 15) is 10.1 Å². The van der Waals surface area contributed by atoms with Gasteiger partial charge in [-0.3, -0.25) is 10.1 Å². The van der Waals surface area contributed by atoms with E-state index in [1.165, 1.54) is 37.7 Å². The van der Waals surface area contributed by atoms with Gasteiger partial charge >= 0.3 is 0 Å². The van der Waals surface area contributed by atoms with E-state index in [0.717, 1.165) is 10.2 Å². The third-order valence-corrected chi connectivity index (χ3v) is 3.25. The number of halogens is 1. The van der Waals surface area contributed by atoms with Crippen LogP contribution in [0.15, 0.2) is 23.4 Å². The van der Waals surface area contributed by atoms with Crippen molar-refractivity contribution in [1.29, 1.82) is 0 Å². The molecule has 0 spiro atoms. The van der Waals surface area contributed by atoms with Gasteiger partial charge < -0.3 is 14.2 Å². The van der Waals surface area contributed by atoms with E-state index in [1.54, 1.807) is 6.07 Å². The van der Waals surface area contributed by atoms with E-state index in [2.05, 4.69) is 15.9 Å². The number of nitro groups is 1. The van der Waals surface area contributed by atoms with Crippen LogP contribution in [0.1, 0.15) is 0 Å². The third-order valence-electron chi connectivity index (χ3n) is 2.17. The second kappa shape index (κ2) is 8.48. The SMILES string of the molecule is CON.CON=c1sc2cc([N+](=O)[O-])ccc2n1C.Cl. The molecule has 10 heteroatoms. The van der Waals surface area contributed by atoms with Gasteiger partial charge in [0.15, 0.2) is 0 Å². The molecule has 0 unspecified atom stereocenters. The summed E-state index contributed by atoms with van der Waals surface area (Å²) in [6, 6.07) is 4.72. The second-order valence-electron chi connectivity index (χ2n) is 3.36. The summed E-state index contributed by atoms with van der Waals surface area (Å²) in [7, 11) is 4.70. The van der Waals surface area contributed by atoms with Gasteiger partial charge in [-0.05, 0) is 6.07 Å². The molecule has 0 atom stereocenters. The predicted molar refractivity (Wildman–Crippen MR) is 78.5 cm³/mol. The van der Waals surface area contributed by atoms with Crippen LogP contribution in [0.25, 0.3) is 10.2 Å². The first-order valence-electron chi connectivity index (χ1n) is 5.09. The largest absolute Gasteiger partial charge is 0.397 e. The number of nitro benzene ring substituents is 1. The van der Waals surface area contributed by atoms with Gasteiger partial charge in [0.05, 0.1) is 22.2 Å². The fourth-order valence-electron chi connectivity index (χ4n) is 1.40. The van der Waals surface area contributed by atoms with Crippen LogP contribution in [0, 0.1) is 10.1 Å². The van der Waals surface area contributed by atoms with E-state index in [0.29, 0.717) is 4.80 Å². The maximum Gasteiger partial charge on any atom is 0.270 e. The number of fused-ring (bicyclic) bond motifs is 1. The molecule has 1 aromatic heterocycles. The van der Waals surface area contributed by atoms with Crippen molar-refractivity contribution < 1.29 is 14.6 Å². The number of hydrogen-bond donors (Lipinski definition) is 1. The lowest BCUT2D eigenvalue weighted by atomic mass is 10.3. The molecule has 0 aliphatic rings. The normalized spacial score (nSPS) is 10.5. The Labute approximate surface area is 124 Å². The Morgan fingerprint density at radius 1 is 1.45 bits per heavy atom. The topological polar surface area (TPSA) is 105 Å². The van der Waals surface area contributed by atoms with Gasteiger partial charge in [-0.15, -0.1) is 12.4 Å². The highest BCUT2D eigenvalue weighted by atomic mass is 35.5. The van der Waals surface area contributed by atoms with Crippen molar-refractivity contribution in [2.45, 2.75) is 0 Å². The van der Waals surface area contributed by atoms with Crippen molar-refractivity contribution in [3.05, 3.63) is 33.1 Å². The molecule has 1 heterocycles. The monoisotopic (exact) mass is 322 g/mol. The van der Waals surface area contributed by atoms with Crippen molar-refractivity contribution in [2.75, 3.05) is 14.2 Å². The number of rotatable bonds is 2. The molecule has 1 aromatic carbocycles. The van der Waals surface area contributed by atoms with E-state index in [1.807, 2.05) is 11.6 Å². The van der Waals surface area contributed by atoms with Crippen LogP contribution in [-0.2, 0) is 16.7 Å². The van der Waals surface area contributed by atoms with E-state index in [4.69, 9.17) is 4.84 Å². The first kappa shape index (κ1) is 18.3. The lowest BCUT2D eigenvalue weighted by Crippen LogP contribution is -2.09. The molecule has 20 heavy (non-hydrogen) atoms. The fourth-order valence-corrected chi connectivity index (χ4v) is 2.44. The molecule has 0 aliphatic heterocycles. The second-order valence-corrected chi connectivity index (χ2v) is 4.37. The quantitative estimate of drug-likeness (QED) is 0.667. The molecule has 0 amide bonds.